The van der Waals surface area contributed by atoms with Gasteiger partial charge in [-0.15, -0.1) is 11.3 Å². The first-order chi connectivity index (χ1) is 10.1. The Kier molecular flexibility index (Phi) is 3.97. The third kappa shape index (κ3) is 3.09. The maximum Gasteiger partial charge on any atom is 0.263 e. The average molecular weight is 324 g/mol. The Morgan fingerprint density at radius 3 is 2.57 bits per heavy atom. The van der Waals surface area contributed by atoms with Crippen LogP contribution in [-0.2, 0) is 29.5 Å². The van der Waals surface area contributed by atoms with E-state index in [1.54, 1.807) is 12.1 Å². The van der Waals surface area contributed by atoms with E-state index in [0.29, 0.717) is 10.7 Å². The SMILES string of the molecule is O=S(=O)(Nc1nc2c(s1)CCCC2)c1ccc(CO)cc1. The van der Waals surface area contributed by atoms with Gasteiger partial charge in [0.2, 0.25) is 0 Å². The quantitative estimate of drug-likeness (QED) is 0.904. The molecule has 21 heavy (non-hydrogen) atoms. The Morgan fingerprint density at radius 2 is 1.90 bits per heavy atom. The van der Waals surface area contributed by atoms with E-state index in [0.717, 1.165) is 31.4 Å². The van der Waals surface area contributed by atoms with E-state index in [1.165, 1.54) is 28.3 Å². The van der Waals surface area contributed by atoms with Gasteiger partial charge in [-0.1, -0.05) is 12.1 Å². The van der Waals surface area contributed by atoms with Crippen molar-refractivity contribution < 1.29 is 13.5 Å². The molecule has 1 aliphatic rings. The summed E-state index contributed by atoms with van der Waals surface area (Å²) in [6.07, 6.45) is 4.17. The fourth-order valence-electron chi connectivity index (χ4n) is 2.34. The number of nitrogens with one attached hydrogen (secondary N) is 1. The number of aryl methyl sites for hydroxylation is 2. The largest absolute Gasteiger partial charge is 0.392 e. The number of rotatable bonds is 4. The van der Waals surface area contributed by atoms with Gasteiger partial charge in [-0.05, 0) is 43.4 Å². The number of fused-ring (bicyclic) bond motifs is 1. The lowest BCUT2D eigenvalue weighted by Gasteiger charge is -2.06. The van der Waals surface area contributed by atoms with Crippen molar-refractivity contribution in [1.82, 2.24) is 4.98 Å². The maximum atomic E-state index is 12.3. The van der Waals surface area contributed by atoms with Crippen LogP contribution < -0.4 is 4.72 Å². The highest BCUT2D eigenvalue weighted by Gasteiger charge is 2.20. The van der Waals surface area contributed by atoms with Gasteiger partial charge in [0.25, 0.3) is 10.0 Å². The van der Waals surface area contributed by atoms with Crippen molar-refractivity contribution in [3.63, 3.8) is 0 Å². The lowest BCUT2D eigenvalue weighted by atomic mass is 10.0. The summed E-state index contributed by atoms with van der Waals surface area (Å²) in [6.45, 7) is -0.104. The number of nitrogens with zero attached hydrogens (tertiary/aromatic N) is 1. The Hall–Kier alpha value is -1.44. The molecule has 0 radical (unpaired) electrons. The molecule has 0 saturated heterocycles. The molecular weight excluding hydrogens is 308 g/mol. The van der Waals surface area contributed by atoms with Crippen molar-refractivity contribution in [3.05, 3.63) is 40.4 Å². The molecule has 1 aromatic heterocycles. The van der Waals surface area contributed by atoms with Gasteiger partial charge < -0.3 is 5.11 Å². The summed E-state index contributed by atoms with van der Waals surface area (Å²) in [5.41, 5.74) is 1.71. The molecule has 0 saturated carbocycles. The second-order valence-corrected chi connectivity index (χ2v) is 7.77. The van der Waals surface area contributed by atoms with Gasteiger partial charge in [-0.25, -0.2) is 13.4 Å². The summed E-state index contributed by atoms with van der Waals surface area (Å²) in [4.78, 5) is 5.75. The number of thiazole rings is 1. The highest BCUT2D eigenvalue weighted by Crippen LogP contribution is 2.30. The highest BCUT2D eigenvalue weighted by atomic mass is 32.2. The van der Waals surface area contributed by atoms with Crippen molar-refractivity contribution in [1.29, 1.82) is 0 Å². The van der Waals surface area contributed by atoms with Crippen molar-refractivity contribution in [2.45, 2.75) is 37.2 Å². The summed E-state index contributed by atoms with van der Waals surface area (Å²) in [5.74, 6) is 0. The topological polar surface area (TPSA) is 79.3 Å². The number of benzene rings is 1. The number of aliphatic hydroxyl groups excluding tert-OH is 1. The van der Waals surface area contributed by atoms with Crippen molar-refractivity contribution in [2.75, 3.05) is 4.72 Å². The molecule has 0 amide bonds. The fourth-order valence-corrected chi connectivity index (χ4v) is 4.63. The van der Waals surface area contributed by atoms with Gasteiger partial charge in [-0.2, -0.15) is 0 Å². The molecule has 3 rings (SSSR count). The van der Waals surface area contributed by atoms with Crippen LogP contribution in [0.4, 0.5) is 5.13 Å². The molecule has 1 aliphatic carbocycles. The predicted molar refractivity (Wildman–Crippen MR) is 81.9 cm³/mol. The van der Waals surface area contributed by atoms with Gasteiger partial charge in [0, 0.05) is 4.88 Å². The highest BCUT2D eigenvalue weighted by molar-refractivity contribution is 7.93. The second-order valence-electron chi connectivity index (χ2n) is 5.00. The molecule has 0 unspecified atom stereocenters. The molecular formula is C14H16N2O3S2. The Morgan fingerprint density at radius 1 is 1.19 bits per heavy atom. The molecule has 2 aromatic rings. The van der Waals surface area contributed by atoms with Crippen molar-refractivity contribution in [3.8, 4) is 0 Å². The normalized spacial score (nSPS) is 14.7. The number of anilines is 1. The van der Waals surface area contributed by atoms with Gasteiger partial charge in [0.15, 0.2) is 5.13 Å². The first-order valence-corrected chi connectivity index (χ1v) is 9.09. The standard InChI is InChI=1S/C14H16N2O3S2/c17-9-10-5-7-11(8-6-10)21(18,19)16-14-15-12-3-1-2-4-13(12)20-14/h5-8,17H,1-4,9H2,(H,15,16). The van der Waals surface area contributed by atoms with Crippen LogP contribution in [0.25, 0.3) is 0 Å². The van der Waals surface area contributed by atoms with Crippen LogP contribution in [0.5, 0.6) is 0 Å². The zero-order valence-electron chi connectivity index (χ0n) is 11.4. The zero-order chi connectivity index (χ0) is 14.9. The summed E-state index contributed by atoms with van der Waals surface area (Å²) < 4.78 is 27.2. The Labute approximate surface area is 127 Å². The molecule has 0 bridgehead atoms. The van der Waals surface area contributed by atoms with Crippen LogP contribution in [0.1, 0.15) is 29.0 Å². The monoisotopic (exact) mass is 324 g/mol. The van der Waals surface area contributed by atoms with Crippen molar-refractivity contribution in [2.24, 2.45) is 0 Å². The average Bonchev–Trinajstić information content (AvgIpc) is 2.88. The second kappa shape index (κ2) is 5.75. The van der Waals surface area contributed by atoms with E-state index in [4.69, 9.17) is 5.11 Å². The molecule has 0 atom stereocenters. The van der Waals surface area contributed by atoms with E-state index >= 15 is 0 Å². The molecule has 2 N–H and O–H groups in total. The van der Waals surface area contributed by atoms with E-state index in [9.17, 15) is 8.42 Å². The first kappa shape index (κ1) is 14.5. The number of sulfonamides is 1. The zero-order valence-corrected chi connectivity index (χ0v) is 13.0. The molecule has 0 spiro atoms. The summed E-state index contributed by atoms with van der Waals surface area (Å²) in [7, 11) is -3.62. The number of hydrogen-bond acceptors (Lipinski definition) is 5. The van der Waals surface area contributed by atoms with Gasteiger partial charge >= 0.3 is 0 Å². The number of aliphatic hydroxyl groups is 1. The van der Waals surface area contributed by atoms with Crippen LogP contribution in [0.3, 0.4) is 0 Å². The molecule has 7 heteroatoms. The number of hydrogen-bond donors (Lipinski definition) is 2. The lowest BCUT2D eigenvalue weighted by molar-refractivity contribution is 0.282. The fraction of sp³-hybridized carbons (Fsp3) is 0.357. The van der Waals surface area contributed by atoms with Gasteiger partial charge in [-0.3, -0.25) is 4.72 Å². The van der Waals surface area contributed by atoms with Crippen LogP contribution in [-0.4, -0.2) is 18.5 Å². The van der Waals surface area contributed by atoms with Crippen molar-refractivity contribution >= 4 is 26.5 Å². The van der Waals surface area contributed by atoms with Gasteiger partial charge in [0.05, 0.1) is 17.2 Å². The van der Waals surface area contributed by atoms with E-state index < -0.39 is 10.0 Å². The van der Waals surface area contributed by atoms with Gasteiger partial charge in [0.1, 0.15) is 0 Å². The third-order valence-electron chi connectivity index (χ3n) is 3.48. The summed E-state index contributed by atoms with van der Waals surface area (Å²) >= 11 is 1.42. The Bertz CT molecular complexity index is 713. The molecule has 1 aromatic carbocycles. The maximum absolute atomic E-state index is 12.3. The van der Waals surface area contributed by atoms with Crippen LogP contribution in [0.2, 0.25) is 0 Å². The van der Waals surface area contributed by atoms with E-state index in [1.807, 2.05) is 0 Å². The van der Waals surface area contributed by atoms with E-state index in [-0.39, 0.29) is 11.5 Å². The molecule has 0 fully saturated rings. The number of aromatic nitrogens is 1. The van der Waals surface area contributed by atoms with E-state index in [2.05, 4.69) is 9.71 Å². The third-order valence-corrected chi connectivity index (χ3v) is 6.04. The molecule has 0 aliphatic heterocycles. The van der Waals surface area contributed by atoms with Crippen LogP contribution >= 0.6 is 11.3 Å². The smallest absolute Gasteiger partial charge is 0.263 e. The predicted octanol–water partition coefficient (Wildman–Crippen LogP) is 2.32. The molecule has 112 valence electrons. The first-order valence-electron chi connectivity index (χ1n) is 6.80. The summed E-state index contributed by atoms with van der Waals surface area (Å²) in [6, 6.07) is 6.17. The lowest BCUT2D eigenvalue weighted by Crippen LogP contribution is -2.12. The van der Waals surface area contributed by atoms with Crippen LogP contribution in [0, 0.1) is 0 Å². The van der Waals surface area contributed by atoms with Crippen LogP contribution in [0.15, 0.2) is 29.2 Å². The Balaban J connectivity index is 1.83. The minimum atomic E-state index is -3.62. The minimum Gasteiger partial charge on any atom is -0.392 e. The molecule has 1 heterocycles. The minimum absolute atomic E-state index is 0.104. The molecule has 5 nitrogen and oxygen atoms in total. The summed E-state index contributed by atoms with van der Waals surface area (Å²) in [5, 5.41) is 9.42.